The monoisotopic (exact) mass is 387 g/mol. The number of rotatable bonds is 4. The van der Waals surface area contributed by atoms with Crippen LogP contribution in [-0.2, 0) is 9.53 Å². The molecule has 5 heteroatoms. The van der Waals surface area contributed by atoms with Gasteiger partial charge in [-0.05, 0) is 42.3 Å². The Morgan fingerprint density at radius 2 is 1.76 bits per heavy atom. The van der Waals surface area contributed by atoms with Crippen molar-refractivity contribution < 1.29 is 19.7 Å². The standard InChI is InChI=1S/C24H21NO4/c1-15(16-5-3-2-4-6-16)25-13-20-22(27)12-11-19-23(28)21(14-29-24(19)20)17-7-9-18(26)10-8-17/h2-15,24-27H,1H3/b20-13-. The number of carbonyl (C=O) groups excluding carboxylic acids is 1. The molecule has 0 saturated carbocycles. The molecule has 1 heterocycles. The summed E-state index contributed by atoms with van der Waals surface area (Å²) in [6.45, 7) is 2.02. The van der Waals surface area contributed by atoms with E-state index in [2.05, 4.69) is 5.32 Å². The predicted molar refractivity (Wildman–Crippen MR) is 111 cm³/mol. The Balaban J connectivity index is 1.59. The third-order valence-electron chi connectivity index (χ3n) is 5.08. The number of aromatic hydroxyl groups is 1. The molecule has 4 rings (SSSR count). The first kappa shape index (κ1) is 18.6. The third-order valence-corrected chi connectivity index (χ3v) is 5.08. The highest BCUT2D eigenvalue weighted by Gasteiger charge is 2.35. The summed E-state index contributed by atoms with van der Waals surface area (Å²) in [5.74, 6) is 0.0171. The lowest BCUT2D eigenvalue weighted by Crippen LogP contribution is -2.31. The average molecular weight is 387 g/mol. The molecule has 0 bridgehead atoms. The summed E-state index contributed by atoms with van der Waals surface area (Å²) in [5, 5.41) is 23.1. The van der Waals surface area contributed by atoms with Gasteiger partial charge in [0.05, 0.1) is 17.4 Å². The number of benzene rings is 2. The van der Waals surface area contributed by atoms with Crippen LogP contribution in [0, 0.1) is 0 Å². The minimum absolute atomic E-state index is 0.0215. The molecule has 2 atom stereocenters. The zero-order valence-electron chi connectivity index (χ0n) is 15.9. The highest BCUT2D eigenvalue weighted by Crippen LogP contribution is 2.35. The first-order valence-corrected chi connectivity index (χ1v) is 9.36. The van der Waals surface area contributed by atoms with Crippen LogP contribution in [0.2, 0.25) is 0 Å². The van der Waals surface area contributed by atoms with E-state index in [9.17, 15) is 15.0 Å². The van der Waals surface area contributed by atoms with Crippen molar-refractivity contribution in [3.8, 4) is 5.75 Å². The van der Waals surface area contributed by atoms with Gasteiger partial charge in [0.2, 0.25) is 0 Å². The number of carbonyl (C=O) groups is 1. The van der Waals surface area contributed by atoms with Crippen molar-refractivity contribution >= 4 is 11.4 Å². The predicted octanol–water partition coefficient (Wildman–Crippen LogP) is 4.32. The number of phenols is 1. The number of allylic oxidation sites excluding steroid dienone is 3. The maximum Gasteiger partial charge on any atom is 0.196 e. The van der Waals surface area contributed by atoms with E-state index in [4.69, 9.17) is 4.74 Å². The van der Waals surface area contributed by atoms with Crippen molar-refractivity contribution in [2.45, 2.75) is 19.1 Å². The van der Waals surface area contributed by atoms with E-state index in [0.29, 0.717) is 22.3 Å². The smallest absolute Gasteiger partial charge is 0.196 e. The van der Waals surface area contributed by atoms with Crippen LogP contribution < -0.4 is 5.32 Å². The highest BCUT2D eigenvalue weighted by atomic mass is 16.5. The summed E-state index contributed by atoms with van der Waals surface area (Å²) in [5.41, 5.74) is 3.13. The molecule has 1 aliphatic carbocycles. The number of ketones is 1. The third kappa shape index (κ3) is 3.67. The number of Topliss-reactive ketones (excluding diaryl/α,β-unsaturated/α-hetero) is 1. The van der Waals surface area contributed by atoms with Gasteiger partial charge in [0.1, 0.15) is 11.5 Å². The van der Waals surface area contributed by atoms with Gasteiger partial charge >= 0.3 is 0 Å². The van der Waals surface area contributed by atoms with Gasteiger partial charge in [-0.25, -0.2) is 0 Å². The van der Waals surface area contributed by atoms with Gasteiger partial charge in [-0.2, -0.15) is 0 Å². The lowest BCUT2D eigenvalue weighted by atomic mass is 9.86. The summed E-state index contributed by atoms with van der Waals surface area (Å²) < 4.78 is 5.85. The molecule has 2 aromatic carbocycles. The number of phenolic OH excluding ortho intramolecular Hbond substituents is 1. The maximum absolute atomic E-state index is 13.0. The van der Waals surface area contributed by atoms with E-state index < -0.39 is 6.10 Å². The number of aliphatic hydroxyl groups excluding tert-OH is 1. The fourth-order valence-electron chi connectivity index (χ4n) is 3.38. The molecule has 1 aliphatic heterocycles. The molecule has 0 amide bonds. The Morgan fingerprint density at radius 3 is 2.48 bits per heavy atom. The first-order valence-electron chi connectivity index (χ1n) is 9.36. The number of aliphatic hydroxyl groups is 1. The van der Waals surface area contributed by atoms with Gasteiger partial charge in [-0.1, -0.05) is 42.5 Å². The lowest BCUT2D eigenvalue weighted by molar-refractivity contribution is -0.112. The van der Waals surface area contributed by atoms with Crippen molar-refractivity contribution in [2.24, 2.45) is 0 Å². The van der Waals surface area contributed by atoms with Crippen molar-refractivity contribution in [1.29, 1.82) is 0 Å². The van der Waals surface area contributed by atoms with Gasteiger partial charge in [0.15, 0.2) is 11.9 Å². The topological polar surface area (TPSA) is 78.8 Å². The van der Waals surface area contributed by atoms with Gasteiger partial charge in [0.25, 0.3) is 0 Å². The van der Waals surface area contributed by atoms with E-state index in [1.54, 1.807) is 24.4 Å². The van der Waals surface area contributed by atoms with E-state index >= 15 is 0 Å². The number of hydrogen-bond acceptors (Lipinski definition) is 5. The second-order valence-electron chi connectivity index (χ2n) is 7.00. The summed E-state index contributed by atoms with van der Waals surface area (Å²) in [6.07, 6.45) is 5.54. The van der Waals surface area contributed by atoms with Gasteiger partial charge in [-0.3, -0.25) is 4.79 Å². The molecule has 3 N–H and O–H groups in total. The van der Waals surface area contributed by atoms with Crippen LogP contribution in [0.25, 0.3) is 5.57 Å². The minimum atomic E-state index is -0.677. The molecule has 29 heavy (non-hydrogen) atoms. The van der Waals surface area contributed by atoms with Gasteiger partial charge in [-0.15, -0.1) is 0 Å². The molecule has 146 valence electrons. The van der Waals surface area contributed by atoms with Crippen molar-refractivity contribution in [1.82, 2.24) is 5.32 Å². The second-order valence-corrected chi connectivity index (χ2v) is 7.00. The fourth-order valence-corrected chi connectivity index (χ4v) is 3.38. The van der Waals surface area contributed by atoms with Crippen LogP contribution in [0.15, 0.2) is 96.1 Å². The summed E-state index contributed by atoms with van der Waals surface area (Å²) in [4.78, 5) is 13.0. The normalized spacial score (nSPS) is 20.7. The van der Waals surface area contributed by atoms with Crippen LogP contribution in [0.4, 0.5) is 0 Å². The number of hydrogen-bond donors (Lipinski definition) is 3. The minimum Gasteiger partial charge on any atom is -0.508 e. The van der Waals surface area contributed by atoms with E-state index in [1.165, 1.54) is 24.5 Å². The molecule has 0 spiro atoms. The van der Waals surface area contributed by atoms with Crippen LogP contribution in [-0.4, -0.2) is 22.1 Å². The number of nitrogens with one attached hydrogen (secondary N) is 1. The molecule has 0 aromatic heterocycles. The van der Waals surface area contributed by atoms with Crippen LogP contribution in [0.3, 0.4) is 0 Å². The number of ether oxygens (including phenoxy) is 1. The van der Waals surface area contributed by atoms with Gasteiger partial charge < -0.3 is 20.3 Å². The Morgan fingerprint density at radius 1 is 1.03 bits per heavy atom. The van der Waals surface area contributed by atoms with Crippen LogP contribution >= 0.6 is 0 Å². The Bertz CT molecular complexity index is 1050. The summed E-state index contributed by atoms with van der Waals surface area (Å²) >= 11 is 0. The second kappa shape index (κ2) is 7.72. The molecule has 2 aliphatic rings. The van der Waals surface area contributed by atoms with E-state index in [0.717, 1.165) is 5.56 Å². The number of fused-ring (bicyclic) bond motifs is 1. The van der Waals surface area contributed by atoms with Crippen LogP contribution in [0.1, 0.15) is 24.1 Å². The highest BCUT2D eigenvalue weighted by molar-refractivity contribution is 6.29. The molecular formula is C24H21NO4. The molecule has 0 saturated heterocycles. The first-order chi connectivity index (χ1) is 14.0. The molecule has 2 unspecified atom stereocenters. The Kier molecular flexibility index (Phi) is 4.96. The average Bonchev–Trinajstić information content (AvgIpc) is 2.74. The summed E-state index contributed by atoms with van der Waals surface area (Å²) in [7, 11) is 0. The Hall–Kier alpha value is -3.73. The maximum atomic E-state index is 13.0. The molecule has 0 radical (unpaired) electrons. The fraction of sp³-hybridized carbons (Fsp3) is 0.125. The molecular weight excluding hydrogens is 366 g/mol. The zero-order chi connectivity index (χ0) is 20.4. The lowest BCUT2D eigenvalue weighted by Gasteiger charge is -2.29. The SMILES string of the molecule is CC(N/C=C1/C(O)=CC=C2C(=O)C(c3ccc(O)cc3)=COC21)c1ccccc1. The quantitative estimate of drug-likeness (QED) is 0.728. The summed E-state index contributed by atoms with van der Waals surface area (Å²) in [6, 6.07) is 16.3. The van der Waals surface area contributed by atoms with Crippen molar-refractivity contribution in [3.63, 3.8) is 0 Å². The molecule has 0 fully saturated rings. The van der Waals surface area contributed by atoms with Gasteiger partial charge in [0, 0.05) is 17.8 Å². The van der Waals surface area contributed by atoms with E-state index in [-0.39, 0.29) is 23.3 Å². The van der Waals surface area contributed by atoms with Crippen LogP contribution in [0.5, 0.6) is 5.75 Å². The zero-order valence-corrected chi connectivity index (χ0v) is 15.9. The van der Waals surface area contributed by atoms with Crippen molar-refractivity contribution in [3.05, 3.63) is 107 Å². The van der Waals surface area contributed by atoms with Crippen molar-refractivity contribution in [2.75, 3.05) is 0 Å². The largest absolute Gasteiger partial charge is 0.508 e. The Labute approximate surface area is 169 Å². The van der Waals surface area contributed by atoms with E-state index in [1.807, 2.05) is 37.3 Å². The molecule has 2 aromatic rings. The molecule has 5 nitrogen and oxygen atoms in total.